The summed E-state index contributed by atoms with van der Waals surface area (Å²) in [5.41, 5.74) is 25.3. The fraction of sp³-hybridized carbons (Fsp3) is 0.347. The van der Waals surface area contributed by atoms with Gasteiger partial charge in [0.05, 0.1) is 23.3 Å². The average molecular weight is 849 g/mol. The number of rotatable bonds is 0. The Morgan fingerprint density at radius 3 is 0.633 bits per heavy atom. The number of benzene rings is 4. The third-order valence-corrected chi connectivity index (χ3v) is 14.2. The van der Waals surface area contributed by atoms with Crippen molar-refractivity contribution in [2.45, 2.75) is 111 Å². The molecule has 2 aliphatic heterocycles. The molecule has 9 rings (SSSR count). The first kappa shape index (κ1) is 43.3. The standard InChI is InChI=1S/C48H48N8.CH5P.O.Ti/c1-17-18(2)26(10)34-33(25(17)9)41-49-42(34)54-44-37-29(13)21(5)22(6)30(14)38(37)46(51-44)56-48-40-32(16)24(8)23(7)31(15)39(40)47(52-48)55-45-36-28(12)20(4)19(3)27(11)35(36)43(50-45)53-41;1-2;;/h1-16H3;2H2,1H3;;/q-2;;;+2. The zero-order valence-corrected chi connectivity index (χ0v) is 40.8. The van der Waals surface area contributed by atoms with Gasteiger partial charge in [-0.05, 0) is 221 Å². The summed E-state index contributed by atoms with van der Waals surface area (Å²) in [5.74, 6) is 2.42. The summed E-state index contributed by atoms with van der Waals surface area (Å²) in [6.07, 6.45) is 0. The minimum atomic E-state index is 0.605. The Hall–Kier alpha value is -4.82. The van der Waals surface area contributed by atoms with Gasteiger partial charge in [0.1, 0.15) is 0 Å². The second-order valence-electron chi connectivity index (χ2n) is 16.5. The van der Waals surface area contributed by atoms with Gasteiger partial charge in [-0.15, -0.1) is 9.24 Å². The quantitative estimate of drug-likeness (QED) is 0.108. The molecule has 0 N–H and O–H groups in total. The van der Waals surface area contributed by atoms with E-state index in [1.165, 1.54) is 44.5 Å². The van der Waals surface area contributed by atoms with Gasteiger partial charge in [0, 0.05) is 44.8 Å². The van der Waals surface area contributed by atoms with E-state index < -0.39 is 0 Å². The Morgan fingerprint density at radius 1 is 0.283 bits per heavy atom. The molecule has 0 fully saturated rings. The van der Waals surface area contributed by atoms with Gasteiger partial charge in [-0.3, -0.25) is 0 Å². The summed E-state index contributed by atoms with van der Waals surface area (Å²) in [4.78, 5) is 42.8. The predicted molar refractivity (Wildman–Crippen MR) is 246 cm³/mol. The summed E-state index contributed by atoms with van der Waals surface area (Å²) in [5, 5.41) is 3.97. The molecule has 7 aromatic rings. The van der Waals surface area contributed by atoms with Gasteiger partial charge in [0.2, 0.25) is 0 Å². The number of hydrogen-bond donors (Lipinski definition) is 0. The molecule has 11 heteroatoms. The second-order valence-corrected chi connectivity index (χ2v) is 16.5. The van der Waals surface area contributed by atoms with Crippen molar-refractivity contribution in [2.75, 3.05) is 6.66 Å². The summed E-state index contributed by atoms with van der Waals surface area (Å²) < 4.78 is 8.25. The average Bonchev–Trinajstić information content (AvgIpc) is 3.99. The molecule has 1 unspecified atom stereocenters. The Balaban J connectivity index is 0.00000132. The Kier molecular flexibility index (Phi) is 11.2. The number of nitrogens with zero attached hydrogens (tertiary/aromatic N) is 8. The van der Waals surface area contributed by atoms with E-state index in [0.29, 0.717) is 45.9 Å². The van der Waals surface area contributed by atoms with Crippen molar-refractivity contribution < 1.29 is 23.7 Å². The van der Waals surface area contributed by atoms with Crippen molar-refractivity contribution in [3.63, 3.8) is 0 Å². The number of fused-ring (bicyclic) bond motifs is 20. The third kappa shape index (κ3) is 6.01. The molecule has 4 aromatic carbocycles. The van der Waals surface area contributed by atoms with Crippen LogP contribution < -0.4 is 9.97 Å². The van der Waals surface area contributed by atoms with Crippen molar-refractivity contribution in [1.82, 2.24) is 39.9 Å². The van der Waals surface area contributed by atoms with Gasteiger partial charge >= 0.3 is 23.7 Å². The molecule has 60 heavy (non-hydrogen) atoms. The van der Waals surface area contributed by atoms with E-state index >= 15 is 0 Å². The zero-order chi connectivity index (χ0) is 44.1. The molecule has 5 heterocycles. The third-order valence-electron chi connectivity index (χ3n) is 14.2. The van der Waals surface area contributed by atoms with Crippen molar-refractivity contribution in [2.24, 2.45) is 0 Å². The summed E-state index contributed by atoms with van der Waals surface area (Å²) in [6.45, 7) is 36.7. The molecule has 2 aliphatic rings. The molecule has 0 radical (unpaired) electrons. The van der Waals surface area contributed by atoms with Crippen LogP contribution in [-0.2, 0) is 23.7 Å². The number of aryl methyl sites for hydroxylation is 4. The van der Waals surface area contributed by atoms with Crippen LogP contribution in [0.2, 0.25) is 0 Å². The van der Waals surface area contributed by atoms with E-state index in [0.717, 1.165) is 109 Å². The van der Waals surface area contributed by atoms with Gasteiger partial charge in [-0.1, -0.05) is 6.66 Å². The summed E-state index contributed by atoms with van der Waals surface area (Å²) >= 11 is 0.750. The molecule has 1 atom stereocenters. The van der Waals surface area contributed by atoms with Crippen LogP contribution >= 0.6 is 9.24 Å². The van der Waals surface area contributed by atoms with Crippen LogP contribution in [0.25, 0.3) is 89.7 Å². The van der Waals surface area contributed by atoms with Gasteiger partial charge in [0.15, 0.2) is 0 Å². The number of aromatic nitrogens is 8. The first-order valence-electron chi connectivity index (χ1n) is 20.4. The van der Waals surface area contributed by atoms with Crippen LogP contribution in [0.3, 0.4) is 0 Å². The van der Waals surface area contributed by atoms with E-state index in [2.05, 4.69) is 120 Å². The van der Waals surface area contributed by atoms with E-state index in [1.807, 2.05) is 6.66 Å². The zero-order valence-electron chi connectivity index (χ0n) is 38.1. The Morgan fingerprint density at radius 2 is 0.450 bits per heavy atom. The van der Waals surface area contributed by atoms with Gasteiger partial charge in [0.25, 0.3) is 0 Å². The Labute approximate surface area is 367 Å². The van der Waals surface area contributed by atoms with Crippen molar-refractivity contribution in [3.8, 4) is 45.6 Å². The molecule has 9 nitrogen and oxygen atoms in total. The first-order chi connectivity index (χ1) is 28.4. The summed E-state index contributed by atoms with van der Waals surface area (Å²) in [6, 6.07) is 0. The van der Waals surface area contributed by atoms with Crippen LogP contribution in [0, 0.1) is 111 Å². The predicted octanol–water partition coefficient (Wildman–Crippen LogP) is 11.4. The normalized spacial score (nSPS) is 11.7. The van der Waals surface area contributed by atoms with Crippen LogP contribution in [-0.4, -0.2) is 36.6 Å². The van der Waals surface area contributed by atoms with E-state index in [1.54, 1.807) is 0 Å². The first-order valence-corrected chi connectivity index (χ1v) is 22.2. The van der Waals surface area contributed by atoms with Gasteiger partial charge in [-0.2, -0.15) is 0 Å². The second kappa shape index (κ2) is 15.6. The summed E-state index contributed by atoms with van der Waals surface area (Å²) in [7, 11) is 2.42. The van der Waals surface area contributed by atoms with E-state index in [-0.39, 0.29) is 0 Å². The molecule has 304 valence electrons. The van der Waals surface area contributed by atoms with Crippen molar-refractivity contribution in [1.29, 1.82) is 0 Å². The Bertz CT molecular complexity index is 2810. The molecule has 0 aliphatic carbocycles. The van der Waals surface area contributed by atoms with E-state index in [9.17, 15) is 0 Å². The minimum absolute atomic E-state index is 0.605. The fourth-order valence-electron chi connectivity index (χ4n) is 9.38. The monoisotopic (exact) mass is 848 g/mol. The molecule has 3 aromatic heterocycles. The van der Waals surface area contributed by atoms with Crippen LogP contribution in [0.15, 0.2) is 0 Å². The topological polar surface area (TPSA) is 123 Å². The maximum atomic E-state index is 8.25. The maximum absolute atomic E-state index is 8.25. The molecule has 8 bridgehead atoms. The van der Waals surface area contributed by atoms with Gasteiger partial charge in [-0.25, -0.2) is 9.97 Å². The van der Waals surface area contributed by atoms with E-state index in [4.69, 9.17) is 43.2 Å². The molecule has 0 spiro atoms. The van der Waals surface area contributed by atoms with Crippen molar-refractivity contribution >= 4 is 53.4 Å². The SMILES string of the molecule is CP.Cc1c(C)c(C)c2c(c1C)-c1nc-2nc2[n-]c(nc3nc(nc4[n-]c(n1)c1c(C)c(C)c(C)c(C)c41)-c1c(C)c(C)c(C)c(C)c1-3)c1c(C)c(C)c(C)c(C)c21.[O]=[Ti+2]. The van der Waals surface area contributed by atoms with Crippen LogP contribution in [0.5, 0.6) is 0 Å². The molecule has 0 saturated carbocycles. The van der Waals surface area contributed by atoms with Crippen molar-refractivity contribution in [3.05, 3.63) is 89.0 Å². The molecule has 0 saturated heterocycles. The van der Waals surface area contributed by atoms with Crippen LogP contribution in [0.1, 0.15) is 89.0 Å². The van der Waals surface area contributed by atoms with Gasteiger partial charge < -0.3 is 29.9 Å². The molecular weight excluding hydrogens is 795 g/mol. The fourth-order valence-corrected chi connectivity index (χ4v) is 9.38. The number of hydrogen-bond acceptors (Lipinski definition) is 7. The molecule has 0 amide bonds. The molecular formula is C49H53N8OPTi. The van der Waals surface area contributed by atoms with Crippen LogP contribution in [0.4, 0.5) is 0 Å².